The van der Waals surface area contributed by atoms with Gasteiger partial charge in [-0.15, -0.1) is 0 Å². The number of rotatable bonds is 2. The van der Waals surface area contributed by atoms with Gasteiger partial charge < -0.3 is 0 Å². The zero-order chi connectivity index (χ0) is 10.7. The first-order valence-corrected chi connectivity index (χ1v) is 3.87. The van der Waals surface area contributed by atoms with E-state index in [1.807, 2.05) is 0 Å². The first-order chi connectivity index (χ1) is 6.56. The van der Waals surface area contributed by atoms with Crippen molar-refractivity contribution in [3.8, 4) is 6.07 Å². The lowest BCUT2D eigenvalue weighted by Gasteiger charge is -2.05. The second kappa shape index (κ2) is 4.09. The van der Waals surface area contributed by atoms with E-state index in [1.165, 1.54) is 6.92 Å². The molecule has 0 unspecified atom stereocenters. The fourth-order valence-electron chi connectivity index (χ4n) is 1.07. The molecule has 0 aliphatic carbocycles. The number of alkyl halides is 2. The molecule has 0 fully saturated rings. The Morgan fingerprint density at radius 2 is 2.21 bits per heavy atom. The van der Waals surface area contributed by atoms with Crippen molar-refractivity contribution in [3.05, 3.63) is 28.8 Å². The molecule has 0 spiro atoms. The van der Waals surface area contributed by atoms with Gasteiger partial charge in [0.1, 0.15) is 11.5 Å². The molecule has 0 N–H and O–H groups in total. The Morgan fingerprint density at radius 3 is 2.71 bits per heavy atom. The Kier molecular flexibility index (Phi) is 3.07. The molecule has 1 aromatic rings. The van der Waals surface area contributed by atoms with E-state index in [0.29, 0.717) is 0 Å². The molecule has 0 saturated carbocycles. The largest absolute Gasteiger partial charge is 0.280 e. The molecule has 1 rings (SSSR count). The highest BCUT2D eigenvalue weighted by Crippen LogP contribution is 2.21. The maximum atomic E-state index is 13.2. The Labute approximate surface area is 79.0 Å². The zero-order valence-electron chi connectivity index (χ0n) is 7.39. The normalized spacial score (nSPS) is 10.3. The third-order valence-electron chi connectivity index (χ3n) is 1.71. The van der Waals surface area contributed by atoms with E-state index in [2.05, 4.69) is 4.98 Å². The van der Waals surface area contributed by atoms with E-state index in [1.54, 1.807) is 6.07 Å². The number of nitrogens with zero attached hydrogens (tertiary/aromatic N) is 2. The van der Waals surface area contributed by atoms with Crippen LogP contribution >= 0.6 is 0 Å². The van der Waals surface area contributed by atoms with Crippen molar-refractivity contribution in [1.82, 2.24) is 4.98 Å². The highest BCUT2D eigenvalue weighted by molar-refractivity contribution is 5.26. The van der Waals surface area contributed by atoms with Crippen LogP contribution in [0.3, 0.4) is 0 Å². The fraction of sp³-hybridized carbons (Fsp3) is 0.333. The highest BCUT2D eigenvalue weighted by atomic mass is 19.3. The quantitative estimate of drug-likeness (QED) is 0.735. The van der Waals surface area contributed by atoms with E-state index < -0.39 is 17.9 Å². The summed E-state index contributed by atoms with van der Waals surface area (Å²) in [5.41, 5.74) is -0.627. The minimum atomic E-state index is -2.74. The topological polar surface area (TPSA) is 36.7 Å². The molecule has 5 heteroatoms. The van der Waals surface area contributed by atoms with Crippen LogP contribution in [0.5, 0.6) is 0 Å². The van der Waals surface area contributed by atoms with Gasteiger partial charge >= 0.3 is 0 Å². The molecule has 14 heavy (non-hydrogen) atoms. The van der Waals surface area contributed by atoms with Crippen molar-refractivity contribution in [1.29, 1.82) is 5.26 Å². The number of nitriles is 1. The molecule has 0 saturated heterocycles. The standard InChI is InChI=1S/C9H7F3N2/c1-5-8(10)6(2-3-13)4-7(14-5)9(11)12/h4,9H,2H2,1H3. The van der Waals surface area contributed by atoms with Crippen LogP contribution in [0.15, 0.2) is 6.07 Å². The molecular weight excluding hydrogens is 193 g/mol. The third kappa shape index (κ3) is 2.02. The zero-order valence-corrected chi connectivity index (χ0v) is 7.39. The predicted molar refractivity (Wildman–Crippen MR) is 43.2 cm³/mol. The molecule has 0 aliphatic rings. The van der Waals surface area contributed by atoms with Gasteiger partial charge in [-0.25, -0.2) is 18.2 Å². The van der Waals surface area contributed by atoms with Gasteiger partial charge in [-0.2, -0.15) is 5.26 Å². The summed E-state index contributed by atoms with van der Waals surface area (Å²) >= 11 is 0. The number of aryl methyl sites for hydroxylation is 1. The second-order valence-corrected chi connectivity index (χ2v) is 2.74. The van der Waals surface area contributed by atoms with Gasteiger partial charge in [0.05, 0.1) is 18.2 Å². The van der Waals surface area contributed by atoms with Crippen molar-refractivity contribution in [2.75, 3.05) is 0 Å². The summed E-state index contributed by atoms with van der Waals surface area (Å²) in [6.45, 7) is 1.29. The van der Waals surface area contributed by atoms with E-state index in [4.69, 9.17) is 5.26 Å². The van der Waals surface area contributed by atoms with Crippen LogP contribution in [-0.4, -0.2) is 4.98 Å². The Morgan fingerprint density at radius 1 is 1.57 bits per heavy atom. The van der Waals surface area contributed by atoms with Crippen molar-refractivity contribution in [3.63, 3.8) is 0 Å². The monoisotopic (exact) mass is 200 g/mol. The minimum absolute atomic E-state index is 0.0321. The highest BCUT2D eigenvalue weighted by Gasteiger charge is 2.14. The van der Waals surface area contributed by atoms with Gasteiger partial charge in [-0.05, 0) is 13.0 Å². The molecule has 0 aromatic carbocycles. The summed E-state index contributed by atoms with van der Waals surface area (Å²) in [6.07, 6.45) is -2.97. The third-order valence-corrected chi connectivity index (χ3v) is 1.71. The first-order valence-electron chi connectivity index (χ1n) is 3.87. The lowest BCUT2D eigenvalue weighted by molar-refractivity contribution is 0.145. The average molecular weight is 200 g/mol. The van der Waals surface area contributed by atoms with Crippen LogP contribution in [0.2, 0.25) is 0 Å². The van der Waals surface area contributed by atoms with E-state index >= 15 is 0 Å². The van der Waals surface area contributed by atoms with Gasteiger partial charge in [-0.1, -0.05) is 0 Å². The van der Waals surface area contributed by atoms with Crippen LogP contribution in [0.25, 0.3) is 0 Å². The lowest BCUT2D eigenvalue weighted by Crippen LogP contribution is -2.01. The number of aromatic nitrogens is 1. The maximum absolute atomic E-state index is 13.2. The summed E-state index contributed by atoms with van der Waals surface area (Å²) in [6, 6.07) is 2.63. The van der Waals surface area contributed by atoms with Crippen molar-refractivity contribution in [2.24, 2.45) is 0 Å². The summed E-state index contributed by atoms with van der Waals surface area (Å²) in [5.74, 6) is -0.684. The van der Waals surface area contributed by atoms with Crippen molar-refractivity contribution >= 4 is 0 Å². The molecule has 0 aliphatic heterocycles. The van der Waals surface area contributed by atoms with Gasteiger partial charge in [0.25, 0.3) is 6.43 Å². The fourth-order valence-corrected chi connectivity index (χ4v) is 1.07. The molecule has 0 atom stereocenters. The number of pyridine rings is 1. The first kappa shape index (κ1) is 10.5. The van der Waals surface area contributed by atoms with Gasteiger partial charge in [-0.3, -0.25) is 0 Å². The Bertz CT molecular complexity index is 382. The molecule has 0 bridgehead atoms. The molecular formula is C9H7F3N2. The van der Waals surface area contributed by atoms with Crippen LogP contribution < -0.4 is 0 Å². The van der Waals surface area contributed by atoms with Crippen LogP contribution in [0.1, 0.15) is 23.4 Å². The Hall–Kier alpha value is -1.57. The summed E-state index contributed by atoms with van der Waals surface area (Å²) in [5, 5.41) is 8.34. The number of hydrogen-bond acceptors (Lipinski definition) is 2. The second-order valence-electron chi connectivity index (χ2n) is 2.74. The smallest absolute Gasteiger partial charge is 0.249 e. The van der Waals surface area contributed by atoms with Crippen LogP contribution in [0.4, 0.5) is 13.2 Å². The summed E-state index contributed by atoms with van der Waals surface area (Å²) < 4.78 is 37.6. The Balaban J connectivity index is 3.22. The van der Waals surface area contributed by atoms with E-state index in [9.17, 15) is 13.2 Å². The number of halogens is 3. The SMILES string of the molecule is Cc1nc(C(F)F)cc(CC#N)c1F. The van der Waals surface area contributed by atoms with Crippen LogP contribution in [-0.2, 0) is 6.42 Å². The maximum Gasteiger partial charge on any atom is 0.280 e. The number of hydrogen-bond donors (Lipinski definition) is 0. The summed E-state index contributed by atoms with van der Waals surface area (Å²) in [4.78, 5) is 3.38. The van der Waals surface area contributed by atoms with Gasteiger partial charge in [0, 0.05) is 5.56 Å². The molecule has 0 radical (unpaired) electrons. The van der Waals surface area contributed by atoms with Gasteiger partial charge in [0.2, 0.25) is 0 Å². The molecule has 2 nitrogen and oxygen atoms in total. The van der Waals surface area contributed by atoms with Crippen molar-refractivity contribution in [2.45, 2.75) is 19.8 Å². The molecule has 0 amide bonds. The van der Waals surface area contributed by atoms with Crippen LogP contribution in [0, 0.1) is 24.1 Å². The lowest BCUT2D eigenvalue weighted by atomic mass is 10.1. The molecule has 1 aromatic heterocycles. The van der Waals surface area contributed by atoms with Crippen molar-refractivity contribution < 1.29 is 13.2 Å². The molecule has 74 valence electrons. The molecule has 1 heterocycles. The van der Waals surface area contributed by atoms with Gasteiger partial charge in [0.15, 0.2) is 0 Å². The predicted octanol–water partition coefficient (Wildman–Crippen LogP) is 2.53. The summed E-state index contributed by atoms with van der Waals surface area (Å²) in [7, 11) is 0. The van der Waals surface area contributed by atoms with E-state index in [-0.39, 0.29) is 17.7 Å². The minimum Gasteiger partial charge on any atom is -0.249 e. The van der Waals surface area contributed by atoms with E-state index in [0.717, 1.165) is 6.07 Å². The average Bonchev–Trinajstić information content (AvgIpc) is 2.12.